The van der Waals surface area contributed by atoms with Crippen molar-refractivity contribution in [3.05, 3.63) is 73.3 Å². The first-order valence-corrected chi connectivity index (χ1v) is 7.47. The van der Waals surface area contributed by atoms with Gasteiger partial charge in [-0.05, 0) is 18.2 Å². The van der Waals surface area contributed by atoms with Gasteiger partial charge in [0.2, 0.25) is 0 Å². The van der Waals surface area contributed by atoms with E-state index in [-0.39, 0.29) is 16.1 Å². The summed E-state index contributed by atoms with van der Waals surface area (Å²) in [6.45, 7) is 6.11. The van der Waals surface area contributed by atoms with Crippen LogP contribution in [0.25, 0.3) is 12.2 Å². The van der Waals surface area contributed by atoms with Crippen molar-refractivity contribution in [3.63, 3.8) is 0 Å². The predicted molar refractivity (Wildman–Crippen MR) is 90.1 cm³/mol. The van der Waals surface area contributed by atoms with E-state index in [1.54, 1.807) is 24.5 Å². The summed E-state index contributed by atoms with van der Waals surface area (Å²) in [5.41, 5.74) is 1.24. The first-order chi connectivity index (χ1) is 11.3. The van der Waals surface area contributed by atoms with E-state index >= 15 is 0 Å². The van der Waals surface area contributed by atoms with Crippen molar-refractivity contribution in [1.29, 1.82) is 0 Å². The first kappa shape index (κ1) is 15.8. The number of aromatic amines is 3. The summed E-state index contributed by atoms with van der Waals surface area (Å²) in [6.07, 6.45) is 7.66. The van der Waals surface area contributed by atoms with E-state index in [9.17, 15) is 9.59 Å². The molecule has 3 N–H and O–H groups in total. The topological polar surface area (TPSA) is 108 Å². The molecule has 0 unspecified atom stereocenters. The summed E-state index contributed by atoms with van der Waals surface area (Å²) >= 11 is 0. The Labute approximate surface area is 136 Å². The van der Waals surface area contributed by atoms with E-state index in [4.69, 9.17) is 4.42 Å². The quantitative estimate of drug-likeness (QED) is 0.631. The highest BCUT2D eigenvalue weighted by Crippen LogP contribution is 2.22. The van der Waals surface area contributed by atoms with Crippen LogP contribution in [0.1, 0.15) is 37.7 Å². The molecule has 7 heteroatoms. The van der Waals surface area contributed by atoms with E-state index in [2.05, 4.69) is 19.9 Å². The Bertz CT molecular complexity index is 1080. The second-order valence-corrected chi connectivity index (χ2v) is 6.49. The van der Waals surface area contributed by atoms with Crippen LogP contribution < -0.4 is 21.8 Å². The summed E-state index contributed by atoms with van der Waals surface area (Å²) in [7, 11) is 0. The normalized spacial score (nSPS) is 13.6. The molecule has 0 saturated carbocycles. The van der Waals surface area contributed by atoms with Crippen LogP contribution in [0.2, 0.25) is 0 Å². The van der Waals surface area contributed by atoms with Gasteiger partial charge in [0.15, 0.2) is 0 Å². The molecule has 0 aliphatic rings. The number of nitrogens with one attached hydrogen (secondary N) is 3. The van der Waals surface area contributed by atoms with E-state index < -0.39 is 11.1 Å². The molecule has 0 aliphatic heterocycles. The van der Waals surface area contributed by atoms with Crippen molar-refractivity contribution < 1.29 is 4.42 Å². The van der Waals surface area contributed by atoms with Crippen LogP contribution >= 0.6 is 0 Å². The monoisotopic (exact) mass is 326 g/mol. The lowest BCUT2D eigenvalue weighted by Crippen LogP contribution is -2.46. The maximum absolute atomic E-state index is 12.3. The van der Waals surface area contributed by atoms with Crippen LogP contribution in [0.15, 0.2) is 38.9 Å². The van der Waals surface area contributed by atoms with Crippen LogP contribution in [0.3, 0.4) is 0 Å². The molecule has 24 heavy (non-hydrogen) atoms. The molecule has 3 aromatic rings. The van der Waals surface area contributed by atoms with E-state index in [0.29, 0.717) is 11.3 Å². The Morgan fingerprint density at radius 1 is 1.08 bits per heavy atom. The van der Waals surface area contributed by atoms with Gasteiger partial charge in [0.25, 0.3) is 11.1 Å². The Balaban J connectivity index is 2.15. The van der Waals surface area contributed by atoms with Gasteiger partial charge >= 0.3 is 0 Å². The molecular formula is C17H18N4O3. The minimum absolute atomic E-state index is 0.155. The fourth-order valence-electron chi connectivity index (χ4n) is 2.37. The van der Waals surface area contributed by atoms with Gasteiger partial charge in [0.1, 0.15) is 10.7 Å². The van der Waals surface area contributed by atoms with E-state index in [1.165, 1.54) is 12.5 Å². The number of hydrogen-bond donors (Lipinski definition) is 3. The number of rotatable bonds is 2. The van der Waals surface area contributed by atoms with Gasteiger partial charge in [0.05, 0.1) is 24.5 Å². The smallest absolute Gasteiger partial charge is 0.272 e. The van der Waals surface area contributed by atoms with Crippen LogP contribution in [0.4, 0.5) is 0 Å². The molecular weight excluding hydrogens is 308 g/mol. The van der Waals surface area contributed by atoms with Crippen LogP contribution in [-0.4, -0.2) is 19.9 Å². The molecule has 0 atom stereocenters. The fraction of sp³-hybridized carbons (Fsp3) is 0.235. The molecule has 3 aromatic heterocycles. The summed E-state index contributed by atoms with van der Waals surface area (Å²) in [5, 5.41) is 0.318. The zero-order valence-corrected chi connectivity index (χ0v) is 13.6. The summed E-state index contributed by atoms with van der Waals surface area (Å²) in [4.78, 5) is 37.0. The van der Waals surface area contributed by atoms with Gasteiger partial charge in [-0.1, -0.05) is 20.8 Å². The van der Waals surface area contributed by atoms with Crippen molar-refractivity contribution in [2.24, 2.45) is 0 Å². The molecule has 3 heterocycles. The van der Waals surface area contributed by atoms with Crippen LogP contribution in [0.5, 0.6) is 0 Å². The average molecular weight is 326 g/mol. The molecule has 0 spiro atoms. The molecule has 0 saturated heterocycles. The molecule has 0 fully saturated rings. The SMILES string of the molecule is CC(C)(C)c1[nH]cnc1/C=c1/[nH]c(=O)/c(=C\c2ccoc2)[nH]c1=O. The Morgan fingerprint density at radius 3 is 2.33 bits per heavy atom. The minimum atomic E-state index is -0.396. The van der Waals surface area contributed by atoms with Gasteiger partial charge in [-0.15, -0.1) is 0 Å². The average Bonchev–Trinajstić information content (AvgIpc) is 3.14. The third-order valence-corrected chi connectivity index (χ3v) is 3.54. The third kappa shape index (κ3) is 3.15. The molecule has 7 nitrogen and oxygen atoms in total. The summed E-state index contributed by atoms with van der Waals surface area (Å²) < 4.78 is 4.94. The molecule has 0 amide bonds. The van der Waals surface area contributed by atoms with Gasteiger partial charge in [-0.3, -0.25) is 9.59 Å². The highest BCUT2D eigenvalue weighted by atomic mass is 16.3. The summed E-state index contributed by atoms with van der Waals surface area (Å²) in [6, 6.07) is 1.69. The van der Waals surface area contributed by atoms with Crippen molar-refractivity contribution in [3.8, 4) is 0 Å². The zero-order chi connectivity index (χ0) is 17.3. The summed E-state index contributed by atoms with van der Waals surface area (Å²) in [5.74, 6) is 0. The van der Waals surface area contributed by atoms with E-state index in [1.807, 2.05) is 20.8 Å². The fourth-order valence-corrected chi connectivity index (χ4v) is 2.37. The maximum Gasteiger partial charge on any atom is 0.272 e. The third-order valence-electron chi connectivity index (χ3n) is 3.54. The minimum Gasteiger partial charge on any atom is -0.472 e. The highest BCUT2D eigenvalue weighted by Gasteiger charge is 2.19. The van der Waals surface area contributed by atoms with Crippen LogP contribution in [0, 0.1) is 0 Å². The Morgan fingerprint density at radius 2 is 1.75 bits per heavy atom. The molecule has 0 aromatic carbocycles. The van der Waals surface area contributed by atoms with Crippen LogP contribution in [-0.2, 0) is 5.41 Å². The second-order valence-electron chi connectivity index (χ2n) is 6.49. The van der Waals surface area contributed by atoms with Crippen molar-refractivity contribution in [1.82, 2.24) is 19.9 Å². The number of aromatic nitrogens is 4. The standard InChI is InChI=1S/C17H18N4O3/c1-17(2,3)14-11(18-9-19-14)7-13-16(23)20-12(15(22)21-13)6-10-4-5-24-8-10/h4-9H,1-3H3,(H,18,19)(H,20,23)(H,21,22)/b12-6+,13-7+. The number of H-pyrrole nitrogens is 3. The lowest BCUT2D eigenvalue weighted by atomic mass is 9.90. The molecule has 124 valence electrons. The number of imidazole rings is 1. The Kier molecular flexibility index (Phi) is 3.84. The second kappa shape index (κ2) is 5.84. The lowest BCUT2D eigenvalue weighted by molar-refractivity contribution is 0.567. The largest absolute Gasteiger partial charge is 0.472 e. The predicted octanol–water partition coefficient (Wildman–Crippen LogP) is 0.334. The number of nitrogens with zero attached hydrogens (tertiary/aromatic N) is 1. The van der Waals surface area contributed by atoms with Crippen molar-refractivity contribution in [2.45, 2.75) is 26.2 Å². The molecule has 0 radical (unpaired) electrons. The van der Waals surface area contributed by atoms with Gasteiger partial charge in [-0.2, -0.15) is 0 Å². The number of furan rings is 1. The Hall–Kier alpha value is -3.09. The lowest BCUT2D eigenvalue weighted by Gasteiger charge is -2.16. The van der Waals surface area contributed by atoms with Crippen molar-refractivity contribution in [2.75, 3.05) is 0 Å². The molecule has 3 rings (SSSR count). The number of hydrogen-bond acceptors (Lipinski definition) is 4. The molecule has 0 bridgehead atoms. The zero-order valence-electron chi connectivity index (χ0n) is 13.6. The highest BCUT2D eigenvalue weighted by molar-refractivity contribution is 5.48. The molecule has 0 aliphatic carbocycles. The maximum atomic E-state index is 12.3. The van der Waals surface area contributed by atoms with Gasteiger partial charge in [0, 0.05) is 16.7 Å². The van der Waals surface area contributed by atoms with Gasteiger partial charge < -0.3 is 19.4 Å². The first-order valence-electron chi connectivity index (χ1n) is 7.47. The van der Waals surface area contributed by atoms with Crippen molar-refractivity contribution >= 4 is 12.2 Å². The van der Waals surface area contributed by atoms with E-state index in [0.717, 1.165) is 5.69 Å². The van der Waals surface area contributed by atoms with Gasteiger partial charge in [-0.25, -0.2) is 4.98 Å².